The van der Waals surface area contributed by atoms with Gasteiger partial charge in [0, 0.05) is 21.7 Å². The lowest BCUT2D eigenvalue weighted by molar-refractivity contribution is -0.923. The van der Waals surface area contributed by atoms with Gasteiger partial charge in [0.05, 0.1) is 12.1 Å². The molecule has 7 heteroatoms. The third-order valence-electron chi connectivity index (χ3n) is 5.34. The molecule has 2 aromatic rings. The Labute approximate surface area is 154 Å². The summed E-state index contributed by atoms with van der Waals surface area (Å²) in [5, 5.41) is 5.74. The first-order valence-electron chi connectivity index (χ1n) is 8.69. The standard InChI is InChI=1S/C18H21N3O2S2/c1-10-11-6-8-24-13(11)5-7-21(10)9-15(22)20-18-16(17(19)23)12-3-2-4-14(12)25-18/h6,8,10H,2-5,7,9H2,1H3,(H2,19,23)(H,20,22)/p+1/t10-/m1/s1. The summed E-state index contributed by atoms with van der Waals surface area (Å²) in [6.45, 7) is 3.56. The third kappa shape index (κ3) is 3.01. The fourth-order valence-corrected chi connectivity index (χ4v) is 6.31. The van der Waals surface area contributed by atoms with E-state index in [9.17, 15) is 9.59 Å². The molecule has 5 nitrogen and oxygen atoms in total. The lowest BCUT2D eigenvalue weighted by Gasteiger charge is -2.29. The zero-order valence-electron chi connectivity index (χ0n) is 14.2. The van der Waals surface area contributed by atoms with Crippen LogP contribution < -0.4 is 16.0 Å². The number of amides is 2. The predicted molar refractivity (Wildman–Crippen MR) is 101 cm³/mol. The topological polar surface area (TPSA) is 76.6 Å². The highest BCUT2D eigenvalue weighted by molar-refractivity contribution is 7.17. The Morgan fingerprint density at radius 3 is 2.96 bits per heavy atom. The van der Waals surface area contributed by atoms with Crippen LogP contribution >= 0.6 is 22.7 Å². The summed E-state index contributed by atoms with van der Waals surface area (Å²) in [6, 6.07) is 2.50. The van der Waals surface area contributed by atoms with Crippen molar-refractivity contribution in [2.45, 2.75) is 38.6 Å². The number of primary amides is 1. The third-order valence-corrected chi connectivity index (χ3v) is 7.54. The molecule has 3 heterocycles. The van der Waals surface area contributed by atoms with Gasteiger partial charge >= 0.3 is 0 Å². The zero-order chi connectivity index (χ0) is 17.6. The van der Waals surface area contributed by atoms with Gasteiger partial charge in [-0.3, -0.25) is 9.59 Å². The van der Waals surface area contributed by atoms with Crippen molar-refractivity contribution in [3.8, 4) is 0 Å². The van der Waals surface area contributed by atoms with Crippen molar-refractivity contribution < 1.29 is 14.5 Å². The van der Waals surface area contributed by atoms with Crippen LogP contribution in [0.25, 0.3) is 0 Å². The van der Waals surface area contributed by atoms with Gasteiger partial charge in [0.2, 0.25) is 0 Å². The van der Waals surface area contributed by atoms with Gasteiger partial charge in [0.15, 0.2) is 6.54 Å². The van der Waals surface area contributed by atoms with Crippen LogP contribution in [0.4, 0.5) is 5.00 Å². The lowest BCUT2D eigenvalue weighted by atomic mass is 10.0. The van der Waals surface area contributed by atoms with Crippen molar-refractivity contribution in [1.29, 1.82) is 0 Å². The first-order chi connectivity index (χ1) is 12.0. The van der Waals surface area contributed by atoms with Crippen molar-refractivity contribution in [2.75, 3.05) is 18.4 Å². The Kier molecular flexibility index (Phi) is 4.39. The fraction of sp³-hybridized carbons (Fsp3) is 0.444. The molecule has 0 fully saturated rings. The number of anilines is 1. The van der Waals surface area contributed by atoms with Crippen LogP contribution in [-0.2, 0) is 24.1 Å². The smallest absolute Gasteiger partial charge is 0.280 e. The summed E-state index contributed by atoms with van der Waals surface area (Å²) in [5.41, 5.74) is 8.52. The van der Waals surface area contributed by atoms with E-state index in [0.29, 0.717) is 23.2 Å². The minimum Gasteiger partial charge on any atom is -0.365 e. The molecule has 0 saturated heterocycles. The second kappa shape index (κ2) is 6.55. The van der Waals surface area contributed by atoms with E-state index in [2.05, 4.69) is 23.7 Å². The minimum absolute atomic E-state index is 0.0389. The Hall–Kier alpha value is -1.70. The Morgan fingerprint density at radius 2 is 2.16 bits per heavy atom. The van der Waals surface area contributed by atoms with Crippen molar-refractivity contribution in [3.63, 3.8) is 0 Å². The maximum Gasteiger partial charge on any atom is 0.280 e. The molecule has 2 atom stereocenters. The van der Waals surface area contributed by atoms with E-state index < -0.39 is 5.91 Å². The van der Waals surface area contributed by atoms with Crippen molar-refractivity contribution in [1.82, 2.24) is 0 Å². The normalized spacial score (nSPS) is 21.6. The summed E-state index contributed by atoms with van der Waals surface area (Å²) in [5.74, 6) is -0.473. The maximum absolute atomic E-state index is 12.6. The number of fused-ring (bicyclic) bond motifs is 2. The van der Waals surface area contributed by atoms with Gasteiger partial charge in [-0.25, -0.2) is 0 Å². The van der Waals surface area contributed by atoms with Gasteiger partial charge in [-0.1, -0.05) is 0 Å². The first-order valence-corrected chi connectivity index (χ1v) is 10.4. The van der Waals surface area contributed by atoms with Gasteiger partial charge < -0.3 is 16.0 Å². The van der Waals surface area contributed by atoms with Crippen LogP contribution in [0, 0.1) is 0 Å². The molecular formula is C18H22N3O2S2+. The van der Waals surface area contributed by atoms with Crippen LogP contribution in [-0.4, -0.2) is 24.9 Å². The largest absolute Gasteiger partial charge is 0.365 e. The molecular weight excluding hydrogens is 354 g/mol. The van der Waals surface area contributed by atoms with Gasteiger partial charge in [-0.05, 0) is 43.2 Å². The molecule has 1 unspecified atom stereocenters. The van der Waals surface area contributed by atoms with E-state index in [1.807, 2.05) is 11.3 Å². The van der Waals surface area contributed by atoms with Gasteiger partial charge in [0.25, 0.3) is 11.8 Å². The number of carbonyl (C=O) groups excluding carboxylic acids is 2. The number of thiophene rings is 2. The molecule has 1 aliphatic heterocycles. The van der Waals surface area contributed by atoms with E-state index in [4.69, 9.17) is 5.73 Å². The second-order valence-electron chi connectivity index (χ2n) is 6.83. The molecule has 2 aromatic heterocycles. The van der Waals surface area contributed by atoms with Crippen LogP contribution in [0.1, 0.15) is 50.6 Å². The average molecular weight is 377 g/mol. The minimum atomic E-state index is -0.434. The Balaban J connectivity index is 1.48. The molecule has 1 aliphatic carbocycles. The van der Waals surface area contributed by atoms with Gasteiger partial charge in [-0.15, -0.1) is 22.7 Å². The van der Waals surface area contributed by atoms with Gasteiger partial charge in [-0.2, -0.15) is 0 Å². The van der Waals surface area contributed by atoms with Crippen LogP contribution in [0.2, 0.25) is 0 Å². The monoisotopic (exact) mass is 376 g/mol. The number of hydrogen-bond acceptors (Lipinski definition) is 4. The summed E-state index contributed by atoms with van der Waals surface area (Å²) in [4.78, 5) is 28.4. The Morgan fingerprint density at radius 1 is 1.32 bits per heavy atom. The molecule has 25 heavy (non-hydrogen) atoms. The van der Waals surface area contributed by atoms with Crippen LogP contribution in [0.3, 0.4) is 0 Å². The summed E-state index contributed by atoms with van der Waals surface area (Å²) in [7, 11) is 0. The molecule has 132 valence electrons. The second-order valence-corrected chi connectivity index (χ2v) is 8.94. The van der Waals surface area contributed by atoms with Gasteiger partial charge in [0.1, 0.15) is 11.0 Å². The van der Waals surface area contributed by atoms with Crippen molar-refractivity contribution in [2.24, 2.45) is 5.73 Å². The quantitative estimate of drug-likeness (QED) is 0.757. The van der Waals surface area contributed by atoms with Crippen molar-refractivity contribution in [3.05, 3.63) is 37.9 Å². The van der Waals surface area contributed by atoms with E-state index in [0.717, 1.165) is 37.8 Å². The number of nitrogens with two attached hydrogens (primary N) is 1. The molecule has 0 saturated carbocycles. The highest BCUT2D eigenvalue weighted by Gasteiger charge is 2.31. The van der Waals surface area contributed by atoms with Crippen LogP contribution in [0.15, 0.2) is 11.4 Å². The summed E-state index contributed by atoms with van der Waals surface area (Å²) >= 11 is 3.33. The zero-order valence-corrected chi connectivity index (χ0v) is 15.8. The average Bonchev–Trinajstić information content (AvgIpc) is 3.24. The lowest BCUT2D eigenvalue weighted by Crippen LogP contribution is -3.14. The highest BCUT2D eigenvalue weighted by Crippen LogP contribution is 2.38. The summed E-state index contributed by atoms with van der Waals surface area (Å²) < 4.78 is 0. The molecule has 0 radical (unpaired) electrons. The van der Waals surface area contributed by atoms with Crippen molar-refractivity contribution >= 4 is 39.5 Å². The molecule has 4 rings (SSSR count). The Bertz CT molecular complexity index is 839. The predicted octanol–water partition coefficient (Wildman–Crippen LogP) is 1.54. The number of nitrogens with one attached hydrogen (secondary N) is 2. The molecule has 0 aromatic carbocycles. The number of carbonyl (C=O) groups is 2. The van der Waals surface area contributed by atoms with E-state index in [-0.39, 0.29) is 5.91 Å². The molecule has 0 bridgehead atoms. The number of rotatable bonds is 4. The van der Waals surface area contributed by atoms with E-state index in [1.165, 1.54) is 31.6 Å². The first kappa shape index (κ1) is 16.8. The van der Waals surface area contributed by atoms with E-state index in [1.54, 1.807) is 0 Å². The van der Waals surface area contributed by atoms with Crippen LogP contribution in [0.5, 0.6) is 0 Å². The summed E-state index contributed by atoms with van der Waals surface area (Å²) in [6.07, 6.45) is 3.95. The number of aryl methyl sites for hydroxylation is 1. The maximum atomic E-state index is 12.6. The SMILES string of the molecule is C[C@@H]1c2ccsc2CC[NH+]1CC(=O)Nc1sc2c(c1C(N)=O)CCC2. The highest BCUT2D eigenvalue weighted by atomic mass is 32.1. The fourth-order valence-electron chi connectivity index (χ4n) is 4.02. The molecule has 0 spiro atoms. The molecule has 4 N–H and O–H groups in total. The molecule has 2 amide bonds. The number of quaternary nitrogens is 1. The van der Waals surface area contributed by atoms with E-state index >= 15 is 0 Å². The number of hydrogen-bond donors (Lipinski definition) is 3. The molecule has 2 aliphatic rings.